The fourth-order valence-electron chi connectivity index (χ4n) is 3.15. The average Bonchev–Trinajstić information content (AvgIpc) is 2.77. The van der Waals surface area contributed by atoms with E-state index in [0.717, 1.165) is 12.8 Å². The Morgan fingerprint density at radius 2 is 2.10 bits per heavy atom. The van der Waals surface area contributed by atoms with Gasteiger partial charge < -0.3 is 10.6 Å². The molecule has 3 heterocycles. The number of fused-ring (bicyclic) bond motifs is 2. The summed E-state index contributed by atoms with van der Waals surface area (Å²) in [7, 11) is 0. The third-order valence-corrected chi connectivity index (χ3v) is 4.00. The average molecular weight is 273 g/mol. The van der Waals surface area contributed by atoms with Crippen molar-refractivity contribution in [3.63, 3.8) is 0 Å². The molecule has 1 aromatic rings. The highest BCUT2D eigenvalue weighted by atomic mass is 16.6. The number of nitriles is 1. The standard InChI is InChI=1S/C13H15N5O2/c14-7-11-12(18(19)20)3-4-13(17-11)16-10-5-8-1-2-9(6-10)15-8/h3-4,8-10,15H,1-2,5-6H2,(H,16,17). The molecule has 2 N–H and O–H groups in total. The Balaban J connectivity index is 1.75. The number of pyridine rings is 1. The highest BCUT2D eigenvalue weighted by Crippen LogP contribution is 2.29. The molecule has 2 saturated heterocycles. The molecule has 2 unspecified atom stereocenters. The van der Waals surface area contributed by atoms with Gasteiger partial charge in [-0.2, -0.15) is 5.26 Å². The fourth-order valence-corrected chi connectivity index (χ4v) is 3.15. The number of nitrogens with zero attached hydrogens (tertiary/aromatic N) is 3. The van der Waals surface area contributed by atoms with Crippen LogP contribution in [0.4, 0.5) is 11.5 Å². The first kappa shape index (κ1) is 12.8. The molecule has 2 atom stereocenters. The SMILES string of the molecule is N#Cc1nc(NC2CC3CCC(C2)N3)ccc1[N+](=O)[O-]. The molecule has 0 amide bonds. The first-order valence-electron chi connectivity index (χ1n) is 6.74. The molecule has 20 heavy (non-hydrogen) atoms. The van der Waals surface area contributed by atoms with Crippen LogP contribution >= 0.6 is 0 Å². The molecule has 1 aromatic heterocycles. The summed E-state index contributed by atoms with van der Waals surface area (Å²) in [6, 6.07) is 6.11. The third-order valence-electron chi connectivity index (χ3n) is 4.00. The fraction of sp³-hybridized carbons (Fsp3) is 0.538. The number of hydrogen-bond acceptors (Lipinski definition) is 6. The molecular formula is C13H15N5O2. The Morgan fingerprint density at radius 3 is 2.70 bits per heavy atom. The normalized spacial score (nSPS) is 27.9. The summed E-state index contributed by atoms with van der Waals surface area (Å²) in [6.07, 6.45) is 4.47. The maximum Gasteiger partial charge on any atom is 0.305 e. The van der Waals surface area contributed by atoms with E-state index in [9.17, 15) is 10.1 Å². The first-order valence-corrected chi connectivity index (χ1v) is 6.74. The molecule has 2 fully saturated rings. The smallest absolute Gasteiger partial charge is 0.305 e. The van der Waals surface area contributed by atoms with Gasteiger partial charge in [0.05, 0.1) is 4.92 Å². The number of anilines is 1. The second-order valence-electron chi connectivity index (χ2n) is 5.38. The number of hydrogen-bond donors (Lipinski definition) is 2. The minimum absolute atomic E-state index is 0.142. The summed E-state index contributed by atoms with van der Waals surface area (Å²) in [6.45, 7) is 0. The quantitative estimate of drug-likeness (QED) is 0.639. The lowest BCUT2D eigenvalue weighted by molar-refractivity contribution is -0.385. The number of nitrogens with one attached hydrogen (secondary N) is 2. The van der Waals surface area contributed by atoms with Crippen LogP contribution in [0.2, 0.25) is 0 Å². The molecule has 0 saturated carbocycles. The lowest BCUT2D eigenvalue weighted by Gasteiger charge is -2.30. The van der Waals surface area contributed by atoms with Crippen molar-refractivity contribution >= 4 is 11.5 Å². The van der Waals surface area contributed by atoms with Gasteiger partial charge in [0.1, 0.15) is 11.9 Å². The van der Waals surface area contributed by atoms with E-state index in [4.69, 9.17) is 5.26 Å². The van der Waals surface area contributed by atoms with Gasteiger partial charge in [0.2, 0.25) is 5.69 Å². The van der Waals surface area contributed by atoms with Gasteiger partial charge in [0.15, 0.2) is 0 Å². The van der Waals surface area contributed by atoms with Gasteiger partial charge in [-0.1, -0.05) is 0 Å². The lowest BCUT2D eigenvalue weighted by Crippen LogP contribution is -2.43. The highest BCUT2D eigenvalue weighted by Gasteiger charge is 2.33. The van der Waals surface area contributed by atoms with E-state index < -0.39 is 4.92 Å². The predicted octanol–water partition coefficient (Wildman–Crippen LogP) is 1.56. The van der Waals surface area contributed by atoms with E-state index in [-0.39, 0.29) is 11.4 Å². The maximum atomic E-state index is 10.8. The Hall–Kier alpha value is -2.20. The van der Waals surface area contributed by atoms with Crippen LogP contribution in [0.15, 0.2) is 12.1 Å². The molecule has 3 rings (SSSR count). The van der Waals surface area contributed by atoms with Gasteiger partial charge in [-0.25, -0.2) is 4.98 Å². The molecule has 0 aromatic carbocycles. The van der Waals surface area contributed by atoms with Crippen molar-refractivity contribution in [2.24, 2.45) is 0 Å². The molecule has 104 valence electrons. The Kier molecular flexibility index (Phi) is 3.24. The number of aromatic nitrogens is 1. The minimum Gasteiger partial charge on any atom is -0.367 e. The van der Waals surface area contributed by atoms with Crippen molar-refractivity contribution in [2.45, 2.75) is 43.8 Å². The maximum absolute atomic E-state index is 10.8. The van der Waals surface area contributed by atoms with E-state index in [1.54, 1.807) is 12.1 Å². The van der Waals surface area contributed by atoms with E-state index >= 15 is 0 Å². The summed E-state index contributed by atoms with van der Waals surface area (Å²) in [5, 5.41) is 26.5. The molecule has 0 radical (unpaired) electrons. The van der Waals surface area contributed by atoms with E-state index in [1.807, 2.05) is 0 Å². The first-order chi connectivity index (χ1) is 9.65. The molecule has 0 aliphatic carbocycles. The summed E-state index contributed by atoms with van der Waals surface area (Å²) < 4.78 is 0. The van der Waals surface area contributed by atoms with Crippen molar-refractivity contribution in [1.82, 2.24) is 10.3 Å². The number of piperidine rings is 1. The lowest BCUT2D eigenvalue weighted by atomic mass is 10.00. The van der Waals surface area contributed by atoms with Crippen LogP contribution in [0.5, 0.6) is 0 Å². The van der Waals surface area contributed by atoms with Crippen molar-refractivity contribution in [3.05, 3.63) is 27.9 Å². The molecule has 2 aliphatic heterocycles. The highest BCUT2D eigenvalue weighted by molar-refractivity contribution is 5.50. The summed E-state index contributed by atoms with van der Waals surface area (Å²) in [5.74, 6) is 0.540. The van der Waals surface area contributed by atoms with Gasteiger partial charge in [0.25, 0.3) is 0 Å². The van der Waals surface area contributed by atoms with Gasteiger partial charge in [-0.3, -0.25) is 10.1 Å². The van der Waals surface area contributed by atoms with Gasteiger partial charge in [0, 0.05) is 24.2 Å². The number of rotatable bonds is 3. The van der Waals surface area contributed by atoms with Crippen LogP contribution in [0, 0.1) is 21.4 Å². The van der Waals surface area contributed by atoms with Crippen LogP contribution in [-0.2, 0) is 0 Å². The van der Waals surface area contributed by atoms with E-state index in [1.165, 1.54) is 18.9 Å². The van der Waals surface area contributed by atoms with E-state index in [2.05, 4.69) is 15.6 Å². The molecule has 2 bridgehead atoms. The summed E-state index contributed by atoms with van der Waals surface area (Å²) in [5.41, 5.74) is -0.389. The van der Waals surface area contributed by atoms with Crippen LogP contribution in [0.25, 0.3) is 0 Å². The van der Waals surface area contributed by atoms with E-state index in [0.29, 0.717) is 23.9 Å². The molecular weight excluding hydrogens is 258 g/mol. The second kappa shape index (κ2) is 5.06. The Morgan fingerprint density at radius 1 is 1.40 bits per heavy atom. The summed E-state index contributed by atoms with van der Waals surface area (Å²) in [4.78, 5) is 14.2. The second-order valence-corrected chi connectivity index (χ2v) is 5.38. The van der Waals surface area contributed by atoms with Crippen molar-refractivity contribution in [3.8, 4) is 6.07 Å². The van der Waals surface area contributed by atoms with Crippen LogP contribution in [0.1, 0.15) is 31.4 Å². The zero-order chi connectivity index (χ0) is 14.1. The topological polar surface area (TPSA) is 104 Å². The van der Waals surface area contributed by atoms with Crippen molar-refractivity contribution in [1.29, 1.82) is 5.26 Å². The Labute approximate surface area is 116 Å². The zero-order valence-corrected chi connectivity index (χ0v) is 10.9. The monoisotopic (exact) mass is 273 g/mol. The van der Waals surface area contributed by atoms with Gasteiger partial charge >= 0.3 is 5.69 Å². The largest absolute Gasteiger partial charge is 0.367 e. The predicted molar refractivity (Wildman–Crippen MR) is 72.2 cm³/mol. The molecule has 7 nitrogen and oxygen atoms in total. The minimum atomic E-state index is -0.583. The zero-order valence-electron chi connectivity index (χ0n) is 10.9. The summed E-state index contributed by atoms with van der Waals surface area (Å²) >= 11 is 0. The Bertz CT molecular complexity index is 571. The van der Waals surface area contributed by atoms with Crippen molar-refractivity contribution < 1.29 is 4.92 Å². The van der Waals surface area contributed by atoms with Crippen LogP contribution < -0.4 is 10.6 Å². The van der Waals surface area contributed by atoms with Crippen molar-refractivity contribution in [2.75, 3.05) is 5.32 Å². The molecule has 7 heteroatoms. The molecule has 2 aliphatic rings. The van der Waals surface area contributed by atoms with Crippen LogP contribution in [-0.4, -0.2) is 28.0 Å². The molecule has 0 spiro atoms. The van der Waals surface area contributed by atoms with Gasteiger partial charge in [-0.15, -0.1) is 0 Å². The third kappa shape index (κ3) is 2.42. The van der Waals surface area contributed by atoms with Gasteiger partial charge in [-0.05, 0) is 31.7 Å². The van der Waals surface area contributed by atoms with Crippen LogP contribution in [0.3, 0.4) is 0 Å². The number of nitro groups is 1.